The first-order chi connectivity index (χ1) is 2.81. The van der Waals surface area contributed by atoms with Crippen molar-refractivity contribution in [3.63, 3.8) is 0 Å². The van der Waals surface area contributed by atoms with Crippen molar-refractivity contribution >= 4 is 10.5 Å². The number of hydrogen-bond acceptors (Lipinski definition) is 2. The van der Waals surface area contributed by atoms with Gasteiger partial charge in [0.2, 0.25) is 0 Å². The van der Waals surface area contributed by atoms with Gasteiger partial charge in [0.25, 0.3) is 0 Å². The lowest BCUT2D eigenvalue weighted by molar-refractivity contribution is -0.0334. The van der Waals surface area contributed by atoms with Crippen LogP contribution in [0.2, 0.25) is 0 Å². The standard InChI is InChI=1S/C3H10O2Si/c1-3(4-2)5-6/h3H,1-2,6H3/t3-/m0/s1. The van der Waals surface area contributed by atoms with E-state index in [0.717, 1.165) is 10.5 Å². The van der Waals surface area contributed by atoms with Crippen molar-refractivity contribution in [1.29, 1.82) is 0 Å². The van der Waals surface area contributed by atoms with E-state index in [0.29, 0.717) is 0 Å². The SMILES string of the molecule is CO[C@H](C)O[SiH3]. The highest BCUT2D eigenvalue weighted by atomic mass is 28.2. The smallest absolute Gasteiger partial charge is 0.149 e. The highest BCUT2D eigenvalue weighted by Gasteiger charge is 1.87. The van der Waals surface area contributed by atoms with E-state index >= 15 is 0 Å². The molecule has 0 aliphatic carbocycles. The Morgan fingerprint density at radius 3 is 2.17 bits per heavy atom. The van der Waals surface area contributed by atoms with Crippen LogP contribution in [0.3, 0.4) is 0 Å². The van der Waals surface area contributed by atoms with Crippen molar-refractivity contribution in [1.82, 2.24) is 0 Å². The van der Waals surface area contributed by atoms with Gasteiger partial charge in [-0.05, 0) is 6.92 Å². The van der Waals surface area contributed by atoms with E-state index in [4.69, 9.17) is 9.16 Å². The van der Waals surface area contributed by atoms with Gasteiger partial charge >= 0.3 is 0 Å². The van der Waals surface area contributed by atoms with Crippen LogP contribution < -0.4 is 0 Å². The van der Waals surface area contributed by atoms with E-state index in [9.17, 15) is 0 Å². The van der Waals surface area contributed by atoms with Gasteiger partial charge in [-0.2, -0.15) is 0 Å². The van der Waals surface area contributed by atoms with Crippen LogP contribution in [0.15, 0.2) is 0 Å². The Morgan fingerprint density at radius 2 is 2.17 bits per heavy atom. The van der Waals surface area contributed by atoms with E-state index in [-0.39, 0.29) is 6.29 Å². The molecule has 1 atom stereocenters. The van der Waals surface area contributed by atoms with Crippen molar-refractivity contribution < 1.29 is 9.16 Å². The molecule has 0 aromatic carbocycles. The third-order valence-corrected chi connectivity index (χ3v) is 1.33. The highest BCUT2D eigenvalue weighted by molar-refractivity contribution is 5.98. The van der Waals surface area contributed by atoms with Gasteiger partial charge in [-0.15, -0.1) is 0 Å². The molecule has 0 amide bonds. The van der Waals surface area contributed by atoms with Gasteiger partial charge in [-0.1, -0.05) is 0 Å². The Kier molecular flexibility index (Phi) is 3.41. The predicted octanol–water partition coefficient (Wildman–Crippen LogP) is -0.724. The molecule has 0 fully saturated rings. The minimum atomic E-state index is -0.00309. The first-order valence-electron chi connectivity index (χ1n) is 1.87. The van der Waals surface area contributed by atoms with Gasteiger partial charge in [0, 0.05) is 7.11 Å². The summed E-state index contributed by atoms with van der Waals surface area (Å²) in [6, 6.07) is 0. The van der Waals surface area contributed by atoms with E-state index in [1.54, 1.807) is 7.11 Å². The molecule has 2 nitrogen and oxygen atoms in total. The van der Waals surface area contributed by atoms with Crippen molar-refractivity contribution in [3.05, 3.63) is 0 Å². The molecule has 0 radical (unpaired) electrons. The number of methoxy groups -OCH3 is 1. The Morgan fingerprint density at radius 1 is 1.67 bits per heavy atom. The lowest BCUT2D eigenvalue weighted by Gasteiger charge is -2.04. The van der Waals surface area contributed by atoms with Gasteiger partial charge in [-0.25, -0.2) is 0 Å². The van der Waals surface area contributed by atoms with Gasteiger partial charge in [0.05, 0.1) is 0 Å². The van der Waals surface area contributed by atoms with Crippen molar-refractivity contribution in [2.24, 2.45) is 0 Å². The molecule has 0 aliphatic heterocycles. The maximum Gasteiger partial charge on any atom is 0.149 e. The molecule has 0 bridgehead atoms. The minimum absolute atomic E-state index is 0.00309. The molecule has 0 rings (SSSR count). The summed E-state index contributed by atoms with van der Waals surface area (Å²) in [6.07, 6.45) is -0.00309. The molecule has 38 valence electrons. The molecule has 0 heterocycles. The van der Waals surface area contributed by atoms with Crippen LogP contribution in [0.5, 0.6) is 0 Å². The first-order valence-corrected chi connectivity index (χ1v) is 2.68. The Hall–Kier alpha value is 0.137. The average Bonchev–Trinajstić information content (AvgIpc) is 1.65. The largest absolute Gasteiger partial charge is 0.404 e. The molecule has 0 N–H and O–H groups in total. The first kappa shape index (κ1) is 6.14. The van der Waals surface area contributed by atoms with E-state index in [1.165, 1.54) is 0 Å². The van der Waals surface area contributed by atoms with Crippen LogP contribution in [0.1, 0.15) is 6.92 Å². The van der Waals surface area contributed by atoms with E-state index in [2.05, 4.69) is 0 Å². The fourth-order valence-corrected chi connectivity index (χ4v) is 0.289. The second-order valence-electron chi connectivity index (χ2n) is 1.04. The Balaban J connectivity index is 2.75. The summed E-state index contributed by atoms with van der Waals surface area (Å²) >= 11 is 0. The normalized spacial score (nSPS) is 15.0. The summed E-state index contributed by atoms with van der Waals surface area (Å²) in [4.78, 5) is 0. The monoisotopic (exact) mass is 106 g/mol. The van der Waals surface area contributed by atoms with Crippen LogP contribution in [0.25, 0.3) is 0 Å². The topological polar surface area (TPSA) is 18.5 Å². The van der Waals surface area contributed by atoms with Gasteiger partial charge in [0.1, 0.15) is 16.8 Å². The zero-order valence-electron chi connectivity index (χ0n) is 4.39. The Labute approximate surface area is 41.0 Å². The van der Waals surface area contributed by atoms with Crippen LogP contribution in [0.4, 0.5) is 0 Å². The van der Waals surface area contributed by atoms with Crippen molar-refractivity contribution in [3.8, 4) is 0 Å². The predicted molar refractivity (Wildman–Crippen MR) is 27.5 cm³/mol. The number of rotatable bonds is 2. The summed E-state index contributed by atoms with van der Waals surface area (Å²) in [6.45, 7) is 1.87. The fraction of sp³-hybridized carbons (Fsp3) is 1.00. The Bertz CT molecular complexity index is 28.0. The summed E-state index contributed by atoms with van der Waals surface area (Å²) in [5.41, 5.74) is 0. The van der Waals surface area contributed by atoms with Crippen LogP contribution in [-0.4, -0.2) is 23.9 Å². The zero-order chi connectivity index (χ0) is 4.99. The molecule has 0 aromatic heterocycles. The van der Waals surface area contributed by atoms with Crippen LogP contribution in [0, 0.1) is 0 Å². The number of hydrogen-bond donors (Lipinski definition) is 0. The quantitative estimate of drug-likeness (QED) is 0.341. The molecule has 0 aromatic rings. The van der Waals surface area contributed by atoms with Gasteiger partial charge in [-0.3, -0.25) is 0 Å². The summed E-state index contributed by atoms with van der Waals surface area (Å²) in [5.74, 6) is 0. The average molecular weight is 106 g/mol. The zero-order valence-corrected chi connectivity index (χ0v) is 6.39. The molecule has 0 spiro atoms. The number of ether oxygens (including phenoxy) is 1. The second kappa shape index (κ2) is 3.33. The van der Waals surface area contributed by atoms with Crippen molar-refractivity contribution in [2.45, 2.75) is 13.2 Å². The van der Waals surface area contributed by atoms with E-state index in [1.807, 2.05) is 6.92 Å². The maximum atomic E-state index is 4.82. The summed E-state index contributed by atoms with van der Waals surface area (Å²) in [7, 11) is 2.39. The van der Waals surface area contributed by atoms with Gasteiger partial charge < -0.3 is 9.16 Å². The molecule has 0 unspecified atom stereocenters. The molecule has 6 heavy (non-hydrogen) atoms. The third-order valence-electron chi connectivity index (χ3n) is 0.664. The molecular formula is C3H10O2Si. The van der Waals surface area contributed by atoms with Crippen LogP contribution in [-0.2, 0) is 9.16 Å². The van der Waals surface area contributed by atoms with Crippen LogP contribution >= 0.6 is 0 Å². The summed E-state index contributed by atoms with van der Waals surface area (Å²) in [5, 5.41) is 0. The summed E-state index contributed by atoms with van der Waals surface area (Å²) < 4.78 is 9.53. The fourth-order valence-electron chi connectivity index (χ4n) is 0.0962. The lowest BCUT2D eigenvalue weighted by Crippen LogP contribution is -2.06. The second-order valence-corrected chi connectivity index (χ2v) is 1.51. The highest BCUT2D eigenvalue weighted by Crippen LogP contribution is 1.82. The molecule has 0 aliphatic rings. The van der Waals surface area contributed by atoms with Crippen molar-refractivity contribution in [2.75, 3.05) is 7.11 Å². The molecule has 0 saturated carbocycles. The third kappa shape index (κ3) is 2.38. The maximum absolute atomic E-state index is 4.82. The lowest BCUT2D eigenvalue weighted by atomic mass is 10.8. The van der Waals surface area contributed by atoms with Gasteiger partial charge in [0.15, 0.2) is 0 Å². The van der Waals surface area contributed by atoms with E-state index < -0.39 is 0 Å². The molecular weight excluding hydrogens is 96.1 g/mol. The minimum Gasteiger partial charge on any atom is -0.404 e. The molecule has 0 saturated heterocycles. The molecule has 3 heteroatoms.